The highest BCUT2D eigenvalue weighted by atomic mass is 16.5. The number of methoxy groups -OCH3 is 4. The lowest BCUT2D eigenvalue weighted by Gasteiger charge is -2.36. The van der Waals surface area contributed by atoms with Crippen LogP contribution in [0.2, 0.25) is 0 Å². The molecule has 3 N–H and O–H groups in total. The van der Waals surface area contributed by atoms with Crippen molar-refractivity contribution >= 4 is 29.3 Å². The summed E-state index contributed by atoms with van der Waals surface area (Å²) in [6.45, 7) is 2.19. The number of nitrogens with one attached hydrogen (secondary N) is 1. The van der Waals surface area contributed by atoms with E-state index in [0.717, 1.165) is 12.7 Å². The van der Waals surface area contributed by atoms with Gasteiger partial charge in [-0.3, -0.25) is 4.90 Å². The first-order chi connectivity index (χ1) is 22.7. The van der Waals surface area contributed by atoms with Crippen molar-refractivity contribution in [2.45, 2.75) is 19.3 Å². The molecule has 1 aliphatic heterocycles. The molecule has 0 aliphatic carbocycles. The summed E-state index contributed by atoms with van der Waals surface area (Å²) in [7, 11) is 5.45. The lowest BCUT2D eigenvalue weighted by molar-refractivity contribution is -0.139. The second-order valence-electron chi connectivity index (χ2n) is 10.2. The van der Waals surface area contributed by atoms with Crippen LogP contribution >= 0.6 is 0 Å². The lowest BCUT2D eigenvalue weighted by Crippen LogP contribution is -2.41. The minimum absolute atomic E-state index is 0.0120. The van der Waals surface area contributed by atoms with Crippen molar-refractivity contribution in [1.29, 1.82) is 5.26 Å². The average Bonchev–Trinajstić information content (AvgIpc) is 3.10. The summed E-state index contributed by atoms with van der Waals surface area (Å²) in [6, 6.07) is 21.1. The highest BCUT2D eigenvalue weighted by Gasteiger charge is 2.43. The van der Waals surface area contributed by atoms with Gasteiger partial charge in [0.05, 0.1) is 75.1 Å². The van der Waals surface area contributed by atoms with E-state index in [0.29, 0.717) is 35.7 Å². The molecule has 3 aromatic carbocycles. The van der Waals surface area contributed by atoms with E-state index in [1.54, 1.807) is 69.7 Å². The third-order valence-corrected chi connectivity index (χ3v) is 7.54. The van der Waals surface area contributed by atoms with Gasteiger partial charge < -0.3 is 34.7 Å². The van der Waals surface area contributed by atoms with Crippen molar-refractivity contribution in [3.05, 3.63) is 106 Å². The van der Waals surface area contributed by atoms with E-state index >= 15 is 0 Å². The van der Waals surface area contributed by atoms with Crippen LogP contribution in [0.5, 0.6) is 11.5 Å². The van der Waals surface area contributed by atoms with Crippen LogP contribution in [0.3, 0.4) is 0 Å². The molecule has 12 heteroatoms. The van der Waals surface area contributed by atoms with Crippen molar-refractivity contribution < 1.29 is 38.1 Å². The highest BCUT2D eigenvalue weighted by Crippen LogP contribution is 2.45. The van der Waals surface area contributed by atoms with Gasteiger partial charge in [-0.1, -0.05) is 36.4 Å². The number of ether oxygens (including phenoxy) is 5. The van der Waals surface area contributed by atoms with Crippen LogP contribution in [-0.2, 0) is 30.2 Å². The van der Waals surface area contributed by atoms with E-state index in [-0.39, 0.29) is 40.5 Å². The van der Waals surface area contributed by atoms with Crippen LogP contribution in [0.25, 0.3) is 0 Å². The molecule has 0 saturated heterocycles. The Morgan fingerprint density at radius 2 is 1.60 bits per heavy atom. The number of nitrogens with zero attached hydrogens (tertiary/aromatic N) is 2. The number of benzene rings is 3. The van der Waals surface area contributed by atoms with E-state index in [1.165, 1.54) is 18.1 Å². The number of anilines is 2. The van der Waals surface area contributed by atoms with Crippen LogP contribution < -0.4 is 25.4 Å². The Labute approximate surface area is 272 Å². The molecule has 12 nitrogen and oxygen atoms in total. The molecule has 47 heavy (non-hydrogen) atoms. The maximum Gasteiger partial charge on any atom is 0.355 e. The fraction of sp³-hybridized carbons (Fsp3) is 0.257. The normalized spacial score (nSPS) is 14.2. The third kappa shape index (κ3) is 6.99. The number of esters is 3. The lowest BCUT2D eigenvalue weighted by atomic mass is 9.81. The molecule has 4 rings (SSSR count). The molecule has 1 atom stereocenters. The van der Waals surface area contributed by atoms with E-state index in [2.05, 4.69) is 11.4 Å². The molecule has 0 radical (unpaired) electrons. The molecule has 0 aromatic heterocycles. The molecule has 0 amide bonds. The Kier molecular flexibility index (Phi) is 11.1. The molecule has 0 saturated carbocycles. The van der Waals surface area contributed by atoms with Crippen LogP contribution in [0.4, 0.5) is 11.4 Å². The van der Waals surface area contributed by atoms with E-state index in [9.17, 15) is 19.6 Å². The third-order valence-electron chi connectivity index (χ3n) is 7.54. The minimum Gasteiger partial charge on any atom is -0.493 e. The molecule has 244 valence electrons. The molecule has 1 unspecified atom stereocenters. The zero-order valence-corrected chi connectivity index (χ0v) is 26.8. The van der Waals surface area contributed by atoms with E-state index in [1.807, 2.05) is 12.1 Å². The molecule has 1 heterocycles. The van der Waals surface area contributed by atoms with Gasteiger partial charge in [-0.2, -0.15) is 5.26 Å². The number of allylic oxidation sites excluding steroid dienone is 1. The summed E-state index contributed by atoms with van der Waals surface area (Å²) >= 11 is 0. The molecule has 0 fully saturated rings. The predicted octanol–water partition coefficient (Wildman–Crippen LogP) is 4.43. The topological polar surface area (TPSA) is 162 Å². The highest BCUT2D eigenvalue weighted by molar-refractivity contribution is 6.07. The Morgan fingerprint density at radius 1 is 0.894 bits per heavy atom. The van der Waals surface area contributed by atoms with Gasteiger partial charge in [0.2, 0.25) is 0 Å². The summed E-state index contributed by atoms with van der Waals surface area (Å²) in [6.07, 6.45) is 0.539. The van der Waals surface area contributed by atoms with E-state index in [4.69, 9.17) is 29.4 Å². The number of carbonyl (C=O) groups is 3. The van der Waals surface area contributed by atoms with Gasteiger partial charge in [0.15, 0.2) is 11.5 Å². The largest absolute Gasteiger partial charge is 0.493 e. The molecule has 0 spiro atoms. The van der Waals surface area contributed by atoms with Gasteiger partial charge in [-0.05, 0) is 54.8 Å². The monoisotopic (exact) mass is 640 g/mol. The Hall–Kier alpha value is -5.96. The standard InChI is InChI=1S/C35H36N4O8/c1-6-47-33(40)23-13-14-25(38-17-16-21-12-15-27(43-2)28(18-21)44-3)26(19-23)39-31(35(42)46-5)30(34(41)45-4)29(24(20-36)32(39)37)22-10-8-7-9-11-22/h7-15,18-19,29,38H,6,16-17,37H2,1-5H3. The fourth-order valence-corrected chi connectivity index (χ4v) is 5.35. The number of nitriles is 1. The van der Waals surface area contributed by atoms with Crippen molar-refractivity contribution in [1.82, 2.24) is 0 Å². The van der Waals surface area contributed by atoms with Gasteiger partial charge in [0, 0.05) is 6.54 Å². The first kappa shape index (κ1) is 33.9. The zero-order valence-electron chi connectivity index (χ0n) is 26.8. The number of carbonyl (C=O) groups excluding carboxylic acids is 3. The SMILES string of the molecule is CCOC(=O)c1ccc(NCCc2ccc(OC)c(OC)c2)c(N2C(N)=C(C#N)C(c3ccccc3)C(C(=O)OC)=C2C(=O)OC)c1. The molecular weight excluding hydrogens is 604 g/mol. The van der Waals surface area contributed by atoms with Crippen molar-refractivity contribution in [2.75, 3.05) is 51.8 Å². The van der Waals surface area contributed by atoms with Crippen molar-refractivity contribution in [3.63, 3.8) is 0 Å². The number of hydrogen-bond acceptors (Lipinski definition) is 12. The van der Waals surface area contributed by atoms with Crippen LogP contribution in [0.1, 0.15) is 34.3 Å². The van der Waals surface area contributed by atoms with Gasteiger partial charge >= 0.3 is 17.9 Å². The van der Waals surface area contributed by atoms with Gasteiger partial charge in [0.1, 0.15) is 11.5 Å². The first-order valence-electron chi connectivity index (χ1n) is 14.7. The average molecular weight is 641 g/mol. The number of rotatable bonds is 12. The predicted molar refractivity (Wildman–Crippen MR) is 174 cm³/mol. The number of nitrogens with two attached hydrogens (primary N) is 1. The minimum atomic E-state index is -1.05. The quantitative estimate of drug-likeness (QED) is 0.212. The smallest absolute Gasteiger partial charge is 0.355 e. The summed E-state index contributed by atoms with van der Waals surface area (Å²) in [5, 5.41) is 13.8. The Balaban J connectivity index is 1.91. The first-order valence-corrected chi connectivity index (χ1v) is 14.7. The maximum atomic E-state index is 13.6. The molecule has 0 bridgehead atoms. The fourth-order valence-electron chi connectivity index (χ4n) is 5.35. The second kappa shape index (κ2) is 15.4. The maximum absolute atomic E-state index is 13.6. The summed E-state index contributed by atoms with van der Waals surface area (Å²) < 4.78 is 26.3. The zero-order chi connectivity index (χ0) is 34.1. The van der Waals surface area contributed by atoms with Crippen molar-refractivity contribution in [2.24, 2.45) is 5.73 Å². The van der Waals surface area contributed by atoms with E-state index < -0.39 is 23.8 Å². The summed E-state index contributed by atoms with van der Waals surface area (Å²) in [5.41, 5.74) is 8.54. The summed E-state index contributed by atoms with van der Waals surface area (Å²) in [4.78, 5) is 41.2. The van der Waals surface area contributed by atoms with Crippen molar-refractivity contribution in [3.8, 4) is 17.6 Å². The Bertz CT molecular complexity index is 1760. The van der Waals surface area contributed by atoms with Crippen LogP contribution in [0.15, 0.2) is 89.4 Å². The summed E-state index contributed by atoms with van der Waals surface area (Å²) in [5.74, 6) is -2.41. The van der Waals surface area contributed by atoms with Gasteiger partial charge in [0.25, 0.3) is 0 Å². The van der Waals surface area contributed by atoms with Crippen LogP contribution in [-0.4, -0.2) is 59.5 Å². The molecule has 3 aromatic rings. The molecular formula is C35H36N4O8. The second-order valence-corrected chi connectivity index (χ2v) is 10.2. The number of hydrogen-bond donors (Lipinski definition) is 2. The van der Waals surface area contributed by atoms with Gasteiger partial charge in [-0.25, -0.2) is 14.4 Å². The van der Waals surface area contributed by atoms with Crippen LogP contribution in [0, 0.1) is 11.3 Å². The Morgan fingerprint density at radius 3 is 2.21 bits per heavy atom. The van der Waals surface area contributed by atoms with Gasteiger partial charge in [-0.15, -0.1) is 0 Å². The molecule has 1 aliphatic rings.